The van der Waals surface area contributed by atoms with E-state index in [-0.39, 0.29) is 11.8 Å². The molecular weight excluding hydrogens is 162 g/mol. The van der Waals surface area contributed by atoms with Crippen molar-refractivity contribution in [3.8, 4) is 0 Å². The van der Waals surface area contributed by atoms with Crippen LogP contribution < -0.4 is 5.32 Å². The first-order chi connectivity index (χ1) is 6.38. The molecule has 2 atom stereocenters. The molecule has 0 radical (unpaired) electrons. The van der Waals surface area contributed by atoms with Crippen LogP contribution >= 0.6 is 0 Å². The van der Waals surface area contributed by atoms with Gasteiger partial charge >= 0.3 is 0 Å². The summed E-state index contributed by atoms with van der Waals surface area (Å²) in [5.74, 6) is 1.07. The van der Waals surface area contributed by atoms with E-state index >= 15 is 0 Å². The fraction of sp³-hybridized carbons (Fsp3) is 0.727. The fourth-order valence-corrected chi connectivity index (χ4v) is 2.38. The molecule has 1 aliphatic heterocycles. The van der Waals surface area contributed by atoms with Gasteiger partial charge in [0.05, 0.1) is 0 Å². The van der Waals surface area contributed by atoms with Crippen LogP contribution in [-0.4, -0.2) is 12.5 Å². The monoisotopic (exact) mass is 179 g/mol. The molecular formula is C11H17NO. The average molecular weight is 179 g/mol. The van der Waals surface area contributed by atoms with Crippen molar-refractivity contribution in [2.24, 2.45) is 11.8 Å². The molecule has 0 saturated carbocycles. The topological polar surface area (TPSA) is 29.1 Å². The lowest BCUT2D eigenvalue weighted by molar-refractivity contribution is -0.128. The van der Waals surface area contributed by atoms with Gasteiger partial charge in [0.1, 0.15) is 0 Å². The Labute approximate surface area is 79.4 Å². The molecule has 0 spiro atoms. The van der Waals surface area contributed by atoms with Crippen molar-refractivity contribution in [1.82, 2.24) is 5.32 Å². The first-order valence-electron chi connectivity index (χ1n) is 5.32. The number of allylic oxidation sites excluding steroid dienone is 2. The minimum atomic E-state index is 0.269. The van der Waals surface area contributed by atoms with Crippen LogP contribution in [0.2, 0.25) is 0 Å². The van der Waals surface area contributed by atoms with E-state index < -0.39 is 0 Å². The van der Waals surface area contributed by atoms with E-state index in [4.69, 9.17) is 0 Å². The van der Waals surface area contributed by atoms with Crippen molar-refractivity contribution in [2.45, 2.75) is 32.1 Å². The third kappa shape index (κ3) is 1.93. The lowest BCUT2D eigenvalue weighted by Crippen LogP contribution is -2.39. The molecule has 1 amide bonds. The van der Waals surface area contributed by atoms with Crippen LogP contribution in [-0.2, 0) is 4.79 Å². The van der Waals surface area contributed by atoms with Gasteiger partial charge in [-0.05, 0) is 38.0 Å². The van der Waals surface area contributed by atoms with Crippen LogP contribution in [0.25, 0.3) is 0 Å². The summed E-state index contributed by atoms with van der Waals surface area (Å²) in [7, 11) is 0. The zero-order chi connectivity index (χ0) is 9.10. The highest BCUT2D eigenvalue weighted by atomic mass is 16.1. The number of piperidine rings is 1. The largest absolute Gasteiger partial charge is 0.356 e. The fourth-order valence-electron chi connectivity index (χ4n) is 2.38. The highest BCUT2D eigenvalue weighted by Crippen LogP contribution is 2.29. The van der Waals surface area contributed by atoms with Gasteiger partial charge in [-0.3, -0.25) is 4.79 Å². The van der Waals surface area contributed by atoms with E-state index in [1.807, 2.05) is 0 Å². The number of rotatable bonds is 1. The molecule has 1 N–H and O–H groups in total. The van der Waals surface area contributed by atoms with Crippen LogP contribution in [0.15, 0.2) is 12.2 Å². The lowest BCUT2D eigenvalue weighted by Gasteiger charge is -2.29. The number of amides is 1. The van der Waals surface area contributed by atoms with Gasteiger partial charge in [-0.2, -0.15) is 0 Å². The first kappa shape index (κ1) is 8.79. The summed E-state index contributed by atoms with van der Waals surface area (Å²) < 4.78 is 0. The van der Waals surface area contributed by atoms with Gasteiger partial charge in [0.15, 0.2) is 0 Å². The Balaban J connectivity index is 2.00. The molecule has 1 heterocycles. The minimum absolute atomic E-state index is 0.269. The van der Waals surface area contributed by atoms with E-state index in [0.717, 1.165) is 19.4 Å². The Bertz CT molecular complexity index is 222. The standard InChI is InChI=1S/C11H17NO/c13-11-10(7-4-8-12-11)9-5-2-1-3-6-9/h2,5,9-10H,1,3-4,6-8H2,(H,12,13). The second kappa shape index (κ2) is 3.95. The van der Waals surface area contributed by atoms with Gasteiger partial charge in [0.2, 0.25) is 5.91 Å². The number of hydrogen-bond donors (Lipinski definition) is 1. The molecule has 0 aromatic rings. The van der Waals surface area contributed by atoms with Gasteiger partial charge in [-0.25, -0.2) is 0 Å². The van der Waals surface area contributed by atoms with Crippen LogP contribution in [0.4, 0.5) is 0 Å². The summed E-state index contributed by atoms with van der Waals surface area (Å²) >= 11 is 0. The van der Waals surface area contributed by atoms with Crippen LogP contribution in [0.5, 0.6) is 0 Å². The van der Waals surface area contributed by atoms with Crippen molar-refractivity contribution >= 4 is 5.91 Å². The van der Waals surface area contributed by atoms with E-state index in [0.29, 0.717) is 5.92 Å². The molecule has 2 heteroatoms. The molecule has 0 bridgehead atoms. The average Bonchev–Trinajstić information content (AvgIpc) is 2.20. The van der Waals surface area contributed by atoms with Crippen LogP contribution in [0.1, 0.15) is 32.1 Å². The quantitative estimate of drug-likeness (QED) is 0.612. The van der Waals surface area contributed by atoms with Gasteiger partial charge in [0.25, 0.3) is 0 Å². The lowest BCUT2D eigenvalue weighted by atomic mass is 9.80. The van der Waals surface area contributed by atoms with Gasteiger partial charge < -0.3 is 5.32 Å². The van der Waals surface area contributed by atoms with E-state index in [1.54, 1.807) is 0 Å². The Kier molecular flexibility index (Phi) is 2.67. The van der Waals surface area contributed by atoms with Crippen molar-refractivity contribution < 1.29 is 4.79 Å². The summed E-state index contributed by atoms with van der Waals surface area (Å²) in [6.07, 6.45) is 10.4. The Morgan fingerprint density at radius 2 is 2.23 bits per heavy atom. The molecule has 1 aliphatic carbocycles. The Morgan fingerprint density at radius 1 is 1.31 bits per heavy atom. The van der Waals surface area contributed by atoms with Gasteiger partial charge in [0, 0.05) is 12.5 Å². The van der Waals surface area contributed by atoms with Crippen molar-refractivity contribution in [1.29, 1.82) is 0 Å². The zero-order valence-electron chi connectivity index (χ0n) is 7.96. The van der Waals surface area contributed by atoms with E-state index in [9.17, 15) is 4.79 Å². The molecule has 0 aromatic carbocycles. The second-order valence-electron chi connectivity index (χ2n) is 4.06. The molecule has 2 nitrogen and oxygen atoms in total. The summed E-state index contributed by atoms with van der Waals surface area (Å²) in [4.78, 5) is 11.5. The minimum Gasteiger partial charge on any atom is -0.356 e. The summed E-state index contributed by atoms with van der Waals surface area (Å²) in [6, 6.07) is 0. The van der Waals surface area contributed by atoms with Crippen molar-refractivity contribution in [2.75, 3.05) is 6.54 Å². The number of carbonyl (C=O) groups is 1. The van der Waals surface area contributed by atoms with Crippen molar-refractivity contribution in [3.63, 3.8) is 0 Å². The predicted octanol–water partition coefficient (Wildman–Crippen LogP) is 1.87. The van der Waals surface area contributed by atoms with Gasteiger partial charge in [-0.15, -0.1) is 0 Å². The molecule has 0 aromatic heterocycles. The van der Waals surface area contributed by atoms with Crippen LogP contribution in [0, 0.1) is 11.8 Å². The predicted molar refractivity (Wildman–Crippen MR) is 52.2 cm³/mol. The molecule has 13 heavy (non-hydrogen) atoms. The number of nitrogens with one attached hydrogen (secondary N) is 1. The van der Waals surface area contributed by atoms with Crippen molar-refractivity contribution in [3.05, 3.63) is 12.2 Å². The summed E-state index contributed by atoms with van der Waals surface area (Å²) in [5, 5.41) is 2.96. The normalized spacial score (nSPS) is 34.3. The van der Waals surface area contributed by atoms with E-state index in [2.05, 4.69) is 17.5 Å². The highest BCUT2D eigenvalue weighted by molar-refractivity contribution is 5.79. The van der Waals surface area contributed by atoms with Crippen LogP contribution in [0.3, 0.4) is 0 Å². The maximum atomic E-state index is 11.5. The third-order valence-corrected chi connectivity index (χ3v) is 3.14. The van der Waals surface area contributed by atoms with Gasteiger partial charge in [-0.1, -0.05) is 12.2 Å². The number of carbonyl (C=O) groups excluding carboxylic acids is 1. The summed E-state index contributed by atoms with van der Waals surface area (Å²) in [6.45, 7) is 0.881. The number of hydrogen-bond acceptors (Lipinski definition) is 1. The summed E-state index contributed by atoms with van der Waals surface area (Å²) in [5.41, 5.74) is 0. The zero-order valence-corrected chi connectivity index (χ0v) is 7.96. The Morgan fingerprint density at radius 3 is 2.92 bits per heavy atom. The first-order valence-corrected chi connectivity index (χ1v) is 5.32. The SMILES string of the molecule is O=C1NCCCC1C1C=CCCC1. The molecule has 2 rings (SSSR count). The molecule has 2 unspecified atom stereocenters. The third-order valence-electron chi connectivity index (χ3n) is 3.14. The molecule has 1 fully saturated rings. The highest BCUT2D eigenvalue weighted by Gasteiger charge is 2.28. The molecule has 1 saturated heterocycles. The molecule has 2 aliphatic rings. The smallest absolute Gasteiger partial charge is 0.223 e. The van der Waals surface area contributed by atoms with E-state index in [1.165, 1.54) is 19.3 Å². The second-order valence-corrected chi connectivity index (χ2v) is 4.06. The Hall–Kier alpha value is -0.790. The maximum Gasteiger partial charge on any atom is 0.223 e. The molecule has 72 valence electrons. The maximum absolute atomic E-state index is 11.5.